The highest BCUT2D eigenvalue weighted by Gasteiger charge is 2.23. The van der Waals surface area contributed by atoms with E-state index in [-0.39, 0.29) is 0 Å². The van der Waals surface area contributed by atoms with Gasteiger partial charge < -0.3 is 9.47 Å². The van der Waals surface area contributed by atoms with Gasteiger partial charge in [0.1, 0.15) is 5.75 Å². The van der Waals surface area contributed by atoms with E-state index in [9.17, 15) is 4.79 Å². The van der Waals surface area contributed by atoms with Gasteiger partial charge >= 0.3 is 0 Å². The van der Waals surface area contributed by atoms with Crippen LogP contribution in [0.4, 0.5) is 0 Å². The Morgan fingerprint density at radius 2 is 1.64 bits per heavy atom. The van der Waals surface area contributed by atoms with Crippen LogP contribution in [-0.4, -0.2) is 18.5 Å². The fraction of sp³-hybridized carbons (Fsp3) is 0.381. The third kappa shape index (κ3) is 4.83. The molecule has 0 radical (unpaired) electrons. The molecule has 25 heavy (non-hydrogen) atoms. The highest BCUT2D eigenvalue weighted by Crippen LogP contribution is 2.34. The van der Waals surface area contributed by atoms with E-state index in [0.29, 0.717) is 24.2 Å². The Bertz CT molecular complexity index is 686. The average Bonchev–Trinajstić information content (AvgIpc) is 2.67. The highest BCUT2D eigenvalue weighted by atomic mass is 35.5. The number of carbonyl (C=O) groups is 1. The van der Waals surface area contributed by atoms with Crippen LogP contribution in [0.25, 0.3) is 0 Å². The van der Waals surface area contributed by atoms with Crippen molar-refractivity contribution >= 4 is 16.8 Å². The number of ether oxygens (including phenoxy) is 2. The van der Waals surface area contributed by atoms with Crippen LogP contribution in [0.5, 0.6) is 5.75 Å². The molecule has 0 aromatic heterocycles. The van der Waals surface area contributed by atoms with Crippen molar-refractivity contribution in [3.63, 3.8) is 0 Å². The minimum atomic E-state index is -0.401. The number of carbonyl (C=O) groups excluding carboxylic acids is 1. The van der Waals surface area contributed by atoms with E-state index < -0.39 is 5.24 Å². The normalized spacial score (nSPS) is 20.2. The molecule has 0 saturated heterocycles. The monoisotopic (exact) mass is 358 g/mol. The standard InChI is InChI=1S/C21H23ClO3/c1-24-19-10-2-15(3-11-19)14-25-20-12-8-17(9-13-20)16-4-6-18(7-5-16)21(22)23/h2-7,10-11,17,20H,8-9,12-14H2,1H3/t17-,20-. The number of hydrogen-bond donors (Lipinski definition) is 0. The third-order valence-corrected chi connectivity index (χ3v) is 5.15. The van der Waals surface area contributed by atoms with E-state index in [4.69, 9.17) is 21.1 Å². The topological polar surface area (TPSA) is 35.5 Å². The van der Waals surface area contributed by atoms with Gasteiger partial charge in [-0.15, -0.1) is 0 Å². The third-order valence-electron chi connectivity index (χ3n) is 4.93. The second-order valence-electron chi connectivity index (χ2n) is 6.53. The smallest absolute Gasteiger partial charge is 0.252 e. The summed E-state index contributed by atoms with van der Waals surface area (Å²) in [7, 11) is 1.67. The molecule has 0 amide bonds. The molecular weight excluding hydrogens is 336 g/mol. The lowest BCUT2D eigenvalue weighted by molar-refractivity contribution is 0.0133. The molecule has 1 aliphatic rings. The molecule has 3 nitrogen and oxygen atoms in total. The van der Waals surface area contributed by atoms with Gasteiger partial charge in [0.05, 0.1) is 19.8 Å². The van der Waals surface area contributed by atoms with Gasteiger partial charge in [0.2, 0.25) is 0 Å². The van der Waals surface area contributed by atoms with Gasteiger partial charge in [0.25, 0.3) is 5.24 Å². The van der Waals surface area contributed by atoms with Crippen molar-refractivity contribution < 1.29 is 14.3 Å². The minimum Gasteiger partial charge on any atom is -0.497 e. The summed E-state index contributed by atoms with van der Waals surface area (Å²) < 4.78 is 11.2. The van der Waals surface area contributed by atoms with Crippen LogP contribution in [0.3, 0.4) is 0 Å². The van der Waals surface area contributed by atoms with Crippen molar-refractivity contribution in [1.29, 1.82) is 0 Å². The van der Waals surface area contributed by atoms with E-state index in [0.717, 1.165) is 31.4 Å². The fourth-order valence-corrected chi connectivity index (χ4v) is 3.51. The van der Waals surface area contributed by atoms with Gasteiger partial charge in [-0.2, -0.15) is 0 Å². The summed E-state index contributed by atoms with van der Waals surface area (Å²) >= 11 is 5.50. The van der Waals surface area contributed by atoms with Crippen molar-refractivity contribution in [1.82, 2.24) is 0 Å². The van der Waals surface area contributed by atoms with Crippen molar-refractivity contribution in [2.24, 2.45) is 0 Å². The Kier molecular flexibility index (Phi) is 6.11. The molecule has 3 rings (SSSR count). The maximum Gasteiger partial charge on any atom is 0.252 e. The van der Waals surface area contributed by atoms with E-state index in [1.54, 1.807) is 7.11 Å². The Morgan fingerprint density at radius 3 is 2.20 bits per heavy atom. The second-order valence-corrected chi connectivity index (χ2v) is 6.87. The highest BCUT2D eigenvalue weighted by molar-refractivity contribution is 6.67. The molecule has 0 N–H and O–H groups in total. The van der Waals surface area contributed by atoms with Crippen LogP contribution >= 0.6 is 11.6 Å². The van der Waals surface area contributed by atoms with Crippen molar-refractivity contribution in [3.05, 3.63) is 65.2 Å². The van der Waals surface area contributed by atoms with Crippen LogP contribution in [0.2, 0.25) is 0 Å². The molecule has 1 fully saturated rings. The molecule has 0 atom stereocenters. The summed E-state index contributed by atoms with van der Waals surface area (Å²) in [6.45, 7) is 0.645. The number of rotatable bonds is 6. The van der Waals surface area contributed by atoms with E-state index >= 15 is 0 Å². The van der Waals surface area contributed by atoms with Gasteiger partial charge in [0.15, 0.2) is 0 Å². The second kappa shape index (κ2) is 8.50. The SMILES string of the molecule is COc1ccc(CO[C@H]2CC[C@H](c3ccc(C(=O)Cl)cc3)CC2)cc1. The Balaban J connectivity index is 1.47. The average molecular weight is 359 g/mol. The maximum atomic E-state index is 11.1. The first-order valence-electron chi connectivity index (χ1n) is 8.70. The molecule has 0 heterocycles. The molecule has 1 saturated carbocycles. The molecule has 2 aromatic rings. The number of benzene rings is 2. The Labute approximate surface area is 153 Å². The summed E-state index contributed by atoms with van der Waals surface area (Å²) in [5, 5.41) is -0.401. The molecule has 1 aliphatic carbocycles. The maximum absolute atomic E-state index is 11.1. The zero-order valence-electron chi connectivity index (χ0n) is 14.4. The molecular formula is C21H23ClO3. The van der Waals surface area contributed by atoms with Gasteiger partial charge in [-0.3, -0.25) is 4.79 Å². The molecule has 132 valence electrons. The molecule has 4 heteroatoms. The van der Waals surface area contributed by atoms with Crippen LogP contribution in [0.1, 0.15) is 53.1 Å². The van der Waals surface area contributed by atoms with E-state index in [1.807, 2.05) is 48.5 Å². The van der Waals surface area contributed by atoms with Crippen LogP contribution < -0.4 is 4.74 Å². The number of methoxy groups -OCH3 is 1. The van der Waals surface area contributed by atoms with Crippen LogP contribution in [0, 0.1) is 0 Å². The summed E-state index contributed by atoms with van der Waals surface area (Å²) in [5.74, 6) is 1.41. The summed E-state index contributed by atoms with van der Waals surface area (Å²) in [5.41, 5.74) is 3.02. The van der Waals surface area contributed by atoms with Crippen molar-refractivity contribution in [3.8, 4) is 5.75 Å². The molecule has 0 aliphatic heterocycles. The van der Waals surface area contributed by atoms with E-state index in [2.05, 4.69) is 0 Å². The molecule has 2 aromatic carbocycles. The zero-order chi connectivity index (χ0) is 17.6. The van der Waals surface area contributed by atoms with E-state index in [1.165, 1.54) is 11.1 Å². The summed E-state index contributed by atoms with van der Waals surface area (Å²) in [6, 6.07) is 15.7. The summed E-state index contributed by atoms with van der Waals surface area (Å²) in [6.07, 6.45) is 4.68. The fourth-order valence-electron chi connectivity index (χ4n) is 3.38. The Morgan fingerprint density at radius 1 is 1.00 bits per heavy atom. The number of hydrogen-bond acceptors (Lipinski definition) is 3. The van der Waals surface area contributed by atoms with Gasteiger partial charge in [0, 0.05) is 5.56 Å². The lowest BCUT2D eigenvalue weighted by Crippen LogP contribution is -2.20. The van der Waals surface area contributed by atoms with Gasteiger partial charge in [-0.05, 0) is 78.6 Å². The Hall–Kier alpha value is -1.84. The largest absolute Gasteiger partial charge is 0.497 e. The van der Waals surface area contributed by atoms with Gasteiger partial charge in [-0.1, -0.05) is 24.3 Å². The number of halogens is 1. The predicted molar refractivity (Wildman–Crippen MR) is 99.4 cm³/mol. The van der Waals surface area contributed by atoms with Crippen LogP contribution in [0.15, 0.2) is 48.5 Å². The lowest BCUT2D eigenvalue weighted by Gasteiger charge is -2.29. The first-order valence-corrected chi connectivity index (χ1v) is 9.08. The zero-order valence-corrected chi connectivity index (χ0v) is 15.2. The quantitative estimate of drug-likeness (QED) is 0.656. The predicted octanol–water partition coefficient (Wildman–Crippen LogP) is 5.32. The van der Waals surface area contributed by atoms with Crippen molar-refractivity contribution in [2.75, 3.05) is 7.11 Å². The van der Waals surface area contributed by atoms with Crippen LogP contribution in [-0.2, 0) is 11.3 Å². The van der Waals surface area contributed by atoms with Crippen molar-refractivity contribution in [2.45, 2.75) is 44.3 Å². The first kappa shape index (κ1) is 18.0. The molecule has 0 spiro atoms. The first-order chi connectivity index (χ1) is 12.2. The minimum absolute atomic E-state index is 0.321. The molecule has 0 bridgehead atoms. The molecule has 0 unspecified atom stereocenters. The van der Waals surface area contributed by atoms with Gasteiger partial charge in [-0.25, -0.2) is 0 Å². The lowest BCUT2D eigenvalue weighted by atomic mass is 9.82. The summed E-state index contributed by atoms with van der Waals surface area (Å²) in [4.78, 5) is 11.1.